The normalized spacial score (nSPS) is 12.2. The number of hydrogen-bond acceptors (Lipinski definition) is 2. The summed E-state index contributed by atoms with van der Waals surface area (Å²) in [5.41, 5.74) is 0. The summed E-state index contributed by atoms with van der Waals surface area (Å²) < 4.78 is 0. The van der Waals surface area contributed by atoms with Gasteiger partial charge in [-0.3, -0.25) is 4.79 Å². The first-order valence-electron chi connectivity index (χ1n) is 5.79. The number of benzene rings is 1. The molecule has 17 heavy (non-hydrogen) atoms. The third kappa shape index (κ3) is 5.99. The van der Waals surface area contributed by atoms with Crippen molar-refractivity contribution in [2.75, 3.05) is 5.75 Å². The van der Waals surface area contributed by atoms with Crippen molar-refractivity contribution < 1.29 is 4.79 Å². The van der Waals surface area contributed by atoms with Gasteiger partial charge >= 0.3 is 0 Å². The van der Waals surface area contributed by atoms with E-state index in [2.05, 4.69) is 12.2 Å². The molecule has 0 aromatic heterocycles. The van der Waals surface area contributed by atoms with Crippen LogP contribution in [0.2, 0.25) is 5.02 Å². The van der Waals surface area contributed by atoms with Crippen molar-refractivity contribution in [3.63, 3.8) is 0 Å². The number of hydrogen-bond donors (Lipinski definition) is 1. The van der Waals surface area contributed by atoms with E-state index in [9.17, 15) is 4.79 Å². The maximum Gasteiger partial charge on any atom is 0.221 e. The van der Waals surface area contributed by atoms with Crippen LogP contribution in [0, 0.1) is 0 Å². The van der Waals surface area contributed by atoms with Gasteiger partial charge in [0.1, 0.15) is 0 Å². The first-order valence-corrected chi connectivity index (χ1v) is 7.16. The monoisotopic (exact) mass is 271 g/mol. The minimum absolute atomic E-state index is 0.126. The highest BCUT2D eigenvalue weighted by Crippen LogP contribution is 2.20. The fourth-order valence-electron chi connectivity index (χ4n) is 1.24. The van der Waals surface area contributed by atoms with Crippen LogP contribution in [0.4, 0.5) is 0 Å². The van der Waals surface area contributed by atoms with E-state index in [1.165, 1.54) is 0 Å². The Bertz CT molecular complexity index is 353. The Morgan fingerprint density at radius 1 is 1.41 bits per heavy atom. The molecule has 0 aliphatic carbocycles. The van der Waals surface area contributed by atoms with E-state index in [0.717, 1.165) is 22.1 Å². The second-order valence-corrected chi connectivity index (χ2v) is 5.53. The molecule has 1 aromatic rings. The average molecular weight is 272 g/mol. The molecule has 0 heterocycles. The number of nitrogens with one attached hydrogen (secondary N) is 1. The molecule has 0 bridgehead atoms. The molecule has 0 aliphatic rings. The SMILES string of the molecule is CC[C@H](C)NC(=O)CCSc1ccc(Cl)cc1. The third-order valence-electron chi connectivity index (χ3n) is 2.43. The summed E-state index contributed by atoms with van der Waals surface area (Å²) in [4.78, 5) is 12.7. The largest absolute Gasteiger partial charge is 0.354 e. The predicted molar refractivity (Wildman–Crippen MR) is 74.7 cm³/mol. The lowest BCUT2D eigenvalue weighted by Gasteiger charge is -2.10. The molecule has 4 heteroatoms. The fraction of sp³-hybridized carbons (Fsp3) is 0.462. The molecule has 1 atom stereocenters. The summed E-state index contributed by atoms with van der Waals surface area (Å²) in [6.07, 6.45) is 1.52. The zero-order valence-electron chi connectivity index (χ0n) is 10.2. The molecule has 0 fully saturated rings. The smallest absolute Gasteiger partial charge is 0.221 e. The highest BCUT2D eigenvalue weighted by Gasteiger charge is 2.05. The zero-order valence-corrected chi connectivity index (χ0v) is 11.8. The molecule has 2 nitrogen and oxygen atoms in total. The molecule has 1 amide bonds. The van der Waals surface area contributed by atoms with E-state index < -0.39 is 0 Å². The van der Waals surface area contributed by atoms with Crippen LogP contribution in [0.15, 0.2) is 29.2 Å². The Morgan fingerprint density at radius 3 is 2.65 bits per heavy atom. The minimum Gasteiger partial charge on any atom is -0.354 e. The molecule has 0 unspecified atom stereocenters. The summed E-state index contributed by atoms with van der Waals surface area (Å²) >= 11 is 7.47. The average Bonchev–Trinajstić information content (AvgIpc) is 2.31. The molecule has 0 spiro atoms. The van der Waals surface area contributed by atoms with Gasteiger partial charge in [0, 0.05) is 28.1 Å². The molecule has 0 aliphatic heterocycles. The Labute approximate surface area is 112 Å². The second kappa shape index (κ2) is 7.62. The molecule has 0 radical (unpaired) electrons. The van der Waals surface area contributed by atoms with Gasteiger partial charge in [-0.2, -0.15) is 0 Å². The lowest BCUT2D eigenvalue weighted by Crippen LogP contribution is -2.32. The topological polar surface area (TPSA) is 29.1 Å². The number of halogens is 1. The molecule has 1 N–H and O–H groups in total. The van der Waals surface area contributed by atoms with Crippen molar-refractivity contribution in [3.8, 4) is 0 Å². The minimum atomic E-state index is 0.126. The zero-order chi connectivity index (χ0) is 12.7. The van der Waals surface area contributed by atoms with E-state index in [-0.39, 0.29) is 11.9 Å². The Kier molecular flexibility index (Phi) is 6.45. The number of carbonyl (C=O) groups excluding carboxylic acids is 1. The Balaban J connectivity index is 2.23. The van der Waals surface area contributed by atoms with E-state index in [4.69, 9.17) is 11.6 Å². The highest BCUT2D eigenvalue weighted by atomic mass is 35.5. The fourth-order valence-corrected chi connectivity index (χ4v) is 2.22. The van der Waals surface area contributed by atoms with E-state index in [1.54, 1.807) is 11.8 Å². The van der Waals surface area contributed by atoms with Crippen LogP contribution in [-0.4, -0.2) is 17.7 Å². The summed E-state index contributed by atoms with van der Waals surface area (Å²) in [5, 5.41) is 3.69. The van der Waals surface area contributed by atoms with Gasteiger partial charge in [-0.15, -0.1) is 11.8 Å². The van der Waals surface area contributed by atoms with Crippen LogP contribution in [0.3, 0.4) is 0 Å². The van der Waals surface area contributed by atoms with Crippen molar-refractivity contribution >= 4 is 29.3 Å². The van der Waals surface area contributed by atoms with Gasteiger partial charge in [-0.25, -0.2) is 0 Å². The van der Waals surface area contributed by atoms with Crippen LogP contribution < -0.4 is 5.32 Å². The van der Waals surface area contributed by atoms with Crippen molar-refractivity contribution in [1.82, 2.24) is 5.32 Å². The molecule has 1 rings (SSSR count). The number of carbonyl (C=O) groups is 1. The first kappa shape index (κ1) is 14.4. The highest BCUT2D eigenvalue weighted by molar-refractivity contribution is 7.99. The third-order valence-corrected chi connectivity index (χ3v) is 3.70. The molecule has 0 saturated heterocycles. The standard InChI is InChI=1S/C13H18ClNOS/c1-3-10(2)15-13(16)8-9-17-12-6-4-11(14)5-7-12/h4-7,10H,3,8-9H2,1-2H3,(H,15,16)/t10-/m0/s1. The maximum absolute atomic E-state index is 11.5. The molecule has 1 aromatic carbocycles. The lowest BCUT2D eigenvalue weighted by atomic mass is 10.2. The van der Waals surface area contributed by atoms with Gasteiger partial charge in [0.05, 0.1) is 0 Å². The van der Waals surface area contributed by atoms with Crippen molar-refractivity contribution in [3.05, 3.63) is 29.3 Å². The van der Waals surface area contributed by atoms with Gasteiger partial charge in [0.25, 0.3) is 0 Å². The molecular weight excluding hydrogens is 254 g/mol. The van der Waals surface area contributed by atoms with Gasteiger partial charge < -0.3 is 5.32 Å². The van der Waals surface area contributed by atoms with Crippen molar-refractivity contribution in [2.45, 2.75) is 37.6 Å². The molecule has 0 saturated carbocycles. The van der Waals surface area contributed by atoms with E-state index in [0.29, 0.717) is 6.42 Å². The quantitative estimate of drug-likeness (QED) is 0.799. The van der Waals surface area contributed by atoms with Crippen LogP contribution in [0.1, 0.15) is 26.7 Å². The van der Waals surface area contributed by atoms with Gasteiger partial charge in [-0.1, -0.05) is 18.5 Å². The van der Waals surface area contributed by atoms with Crippen LogP contribution in [0.5, 0.6) is 0 Å². The van der Waals surface area contributed by atoms with E-state index >= 15 is 0 Å². The lowest BCUT2D eigenvalue weighted by molar-refractivity contribution is -0.121. The van der Waals surface area contributed by atoms with Crippen LogP contribution >= 0.6 is 23.4 Å². The van der Waals surface area contributed by atoms with Gasteiger partial charge in [0.15, 0.2) is 0 Å². The van der Waals surface area contributed by atoms with Gasteiger partial charge in [0.2, 0.25) is 5.91 Å². The molecular formula is C13H18ClNOS. The summed E-state index contributed by atoms with van der Waals surface area (Å²) in [5.74, 6) is 0.921. The van der Waals surface area contributed by atoms with Crippen molar-refractivity contribution in [1.29, 1.82) is 0 Å². The molecule has 94 valence electrons. The van der Waals surface area contributed by atoms with Gasteiger partial charge in [-0.05, 0) is 37.6 Å². The Hall–Kier alpha value is -0.670. The second-order valence-electron chi connectivity index (χ2n) is 3.93. The van der Waals surface area contributed by atoms with E-state index in [1.807, 2.05) is 31.2 Å². The number of thioether (sulfide) groups is 1. The Morgan fingerprint density at radius 2 is 2.06 bits per heavy atom. The number of rotatable bonds is 6. The number of amides is 1. The predicted octanol–water partition coefficient (Wildman–Crippen LogP) is 3.74. The van der Waals surface area contributed by atoms with Crippen LogP contribution in [0.25, 0.3) is 0 Å². The van der Waals surface area contributed by atoms with Crippen LogP contribution in [-0.2, 0) is 4.79 Å². The first-order chi connectivity index (χ1) is 8.11. The van der Waals surface area contributed by atoms with Crippen molar-refractivity contribution in [2.24, 2.45) is 0 Å². The summed E-state index contributed by atoms with van der Waals surface area (Å²) in [6.45, 7) is 4.08. The summed E-state index contributed by atoms with van der Waals surface area (Å²) in [6, 6.07) is 7.94. The maximum atomic E-state index is 11.5. The summed E-state index contributed by atoms with van der Waals surface area (Å²) in [7, 11) is 0.